The normalized spacial score (nSPS) is 11.0. The maximum atomic E-state index is 12.8. The number of carbonyl (C=O) groups is 1. The number of rotatable bonds is 7. The number of aromatic nitrogens is 4. The van der Waals surface area contributed by atoms with E-state index in [1.54, 1.807) is 41.1 Å². The van der Waals surface area contributed by atoms with E-state index in [0.717, 1.165) is 15.9 Å². The van der Waals surface area contributed by atoms with Gasteiger partial charge in [0.15, 0.2) is 10.9 Å². The number of thioether (sulfide) groups is 1. The van der Waals surface area contributed by atoms with Gasteiger partial charge < -0.3 is 4.74 Å². The predicted octanol–water partition coefficient (Wildman–Crippen LogP) is 4.02. The van der Waals surface area contributed by atoms with Crippen LogP contribution in [0, 0.1) is 0 Å². The Morgan fingerprint density at radius 2 is 1.80 bits per heavy atom. The van der Waals surface area contributed by atoms with Crippen LogP contribution in [0.15, 0.2) is 75.3 Å². The highest BCUT2D eigenvalue weighted by molar-refractivity contribution is 9.10. The molecule has 2 heterocycles. The quantitative estimate of drug-likeness (QED) is 0.291. The molecule has 0 spiro atoms. The van der Waals surface area contributed by atoms with Crippen molar-refractivity contribution in [3.8, 4) is 11.4 Å². The lowest BCUT2D eigenvalue weighted by Crippen LogP contribution is -2.20. The molecule has 0 saturated heterocycles. The fourth-order valence-corrected chi connectivity index (χ4v) is 3.96. The summed E-state index contributed by atoms with van der Waals surface area (Å²) < 4.78 is 9.44. The number of carbonyl (C=O) groups excluding carboxylic acids is 1. The third-order valence-corrected chi connectivity index (χ3v) is 5.84. The van der Waals surface area contributed by atoms with Crippen LogP contribution in [-0.2, 0) is 0 Å². The molecule has 152 valence electrons. The first-order valence-corrected chi connectivity index (χ1v) is 11.0. The molecule has 0 unspecified atom stereocenters. The average Bonchev–Trinajstić information content (AvgIpc) is 3.18. The molecule has 0 saturated carbocycles. The van der Waals surface area contributed by atoms with Crippen molar-refractivity contribution in [2.45, 2.75) is 12.1 Å². The van der Waals surface area contributed by atoms with E-state index in [0.29, 0.717) is 17.3 Å². The Bertz CT molecular complexity index is 1250. The van der Waals surface area contributed by atoms with Crippen molar-refractivity contribution in [2.24, 2.45) is 0 Å². The van der Waals surface area contributed by atoms with Gasteiger partial charge in [0.1, 0.15) is 5.75 Å². The number of nitrogens with zero attached hydrogens (tertiary/aromatic N) is 4. The summed E-state index contributed by atoms with van der Waals surface area (Å²) in [7, 11) is 0. The Labute approximate surface area is 184 Å². The molecule has 0 atom stereocenters. The summed E-state index contributed by atoms with van der Waals surface area (Å²) in [5.74, 6) is 0.875. The second kappa shape index (κ2) is 8.85. The molecule has 4 aromatic rings. The number of halogens is 1. The van der Waals surface area contributed by atoms with Gasteiger partial charge in [-0.1, -0.05) is 27.7 Å². The molecule has 0 bridgehead atoms. The number of hydrogen-bond acceptors (Lipinski definition) is 6. The van der Waals surface area contributed by atoms with Gasteiger partial charge in [0, 0.05) is 28.1 Å². The SMILES string of the molecule is CCOc1ccc(C(=O)CSc2nnc3c(=O)n(-c4ccc(Br)cc4)ccn23)cc1. The third kappa shape index (κ3) is 4.17. The van der Waals surface area contributed by atoms with Crippen molar-refractivity contribution in [3.63, 3.8) is 0 Å². The summed E-state index contributed by atoms with van der Waals surface area (Å²) in [5, 5.41) is 8.61. The van der Waals surface area contributed by atoms with Gasteiger partial charge in [0.25, 0.3) is 0 Å². The summed E-state index contributed by atoms with van der Waals surface area (Å²) in [5.41, 5.74) is 1.25. The molecule has 7 nitrogen and oxygen atoms in total. The molecule has 0 N–H and O–H groups in total. The molecule has 2 aromatic heterocycles. The number of ketones is 1. The molecular weight excluding hydrogens is 468 g/mol. The van der Waals surface area contributed by atoms with Crippen molar-refractivity contribution >= 4 is 39.1 Å². The highest BCUT2D eigenvalue weighted by atomic mass is 79.9. The molecule has 0 amide bonds. The van der Waals surface area contributed by atoms with E-state index >= 15 is 0 Å². The lowest BCUT2D eigenvalue weighted by Gasteiger charge is -2.06. The smallest absolute Gasteiger partial charge is 0.300 e. The Morgan fingerprint density at radius 3 is 2.50 bits per heavy atom. The molecule has 0 fully saturated rings. The second-order valence-corrected chi connectivity index (χ2v) is 8.15. The molecule has 0 aliphatic carbocycles. The van der Waals surface area contributed by atoms with E-state index < -0.39 is 0 Å². The summed E-state index contributed by atoms with van der Waals surface area (Å²) in [6.07, 6.45) is 3.39. The van der Waals surface area contributed by atoms with E-state index in [9.17, 15) is 9.59 Å². The summed E-state index contributed by atoms with van der Waals surface area (Å²) >= 11 is 4.63. The predicted molar refractivity (Wildman–Crippen MR) is 119 cm³/mol. The van der Waals surface area contributed by atoms with Gasteiger partial charge in [-0.05, 0) is 55.5 Å². The van der Waals surface area contributed by atoms with Crippen LogP contribution in [0.25, 0.3) is 11.3 Å². The van der Waals surface area contributed by atoms with Gasteiger partial charge >= 0.3 is 5.56 Å². The molecule has 0 aliphatic rings. The zero-order valence-electron chi connectivity index (χ0n) is 16.0. The van der Waals surface area contributed by atoms with Gasteiger partial charge in [-0.2, -0.15) is 0 Å². The third-order valence-electron chi connectivity index (χ3n) is 4.36. The molecule has 0 aliphatic heterocycles. The van der Waals surface area contributed by atoms with E-state index in [1.165, 1.54) is 16.3 Å². The first-order valence-electron chi connectivity index (χ1n) is 9.18. The largest absolute Gasteiger partial charge is 0.494 e. The Kier molecular flexibility index (Phi) is 6.01. The molecule has 9 heteroatoms. The monoisotopic (exact) mass is 484 g/mol. The number of benzene rings is 2. The summed E-state index contributed by atoms with van der Waals surface area (Å²) in [6.45, 7) is 2.48. The number of Topliss-reactive ketones (excluding diaryl/α,β-unsaturated/α-hetero) is 1. The van der Waals surface area contributed by atoms with E-state index in [-0.39, 0.29) is 22.7 Å². The van der Waals surface area contributed by atoms with Crippen molar-refractivity contribution in [3.05, 3.63) is 81.3 Å². The minimum atomic E-state index is -0.281. The van der Waals surface area contributed by atoms with Gasteiger partial charge in [-0.15, -0.1) is 10.2 Å². The average molecular weight is 485 g/mol. The molecule has 4 rings (SSSR count). The number of ether oxygens (including phenoxy) is 1. The molecule has 2 aromatic carbocycles. The highest BCUT2D eigenvalue weighted by Gasteiger charge is 2.14. The van der Waals surface area contributed by atoms with Crippen LogP contribution in [0.1, 0.15) is 17.3 Å². The van der Waals surface area contributed by atoms with Crippen LogP contribution in [0.5, 0.6) is 5.75 Å². The van der Waals surface area contributed by atoms with Crippen molar-refractivity contribution in [1.82, 2.24) is 19.2 Å². The molecule has 0 radical (unpaired) electrons. The topological polar surface area (TPSA) is 78.5 Å². The lowest BCUT2D eigenvalue weighted by atomic mass is 10.1. The van der Waals surface area contributed by atoms with Crippen molar-refractivity contribution in [2.75, 3.05) is 12.4 Å². The van der Waals surface area contributed by atoms with E-state index in [1.807, 2.05) is 31.2 Å². The first-order chi connectivity index (χ1) is 14.6. The maximum absolute atomic E-state index is 12.8. The van der Waals surface area contributed by atoms with Crippen LogP contribution >= 0.6 is 27.7 Å². The van der Waals surface area contributed by atoms with E-state index in [4.69, 9.17) is 4.74 Å². The van der Waals surface area contributed by atoms with Crippen LogP contribution in [0.2, 0.25) is 0 Å². The number of fused-ring (bicyclic) bond motifs is 1. The summed E-state index contributed by atoms with van der Waals surface area (Å²) in [4.78, 5) is 25.3. The fourth-order valence-electron chi connectivity index (χ4n) is 2.89. The maximum Gasteiger partial charge on any atom is 0.300 e. The Morgan fingerprint density at radius 1 is 1.07 bits per heavy atom. The van der Waals surface area contributed by atoms with Gasteiger partial charge in [-0.25, -0.2) is 0 Å². The molecular formula is C21H17BrN4O3S. The Hall–Kier alpha value is -2.91. The number of hydrogen-bond donors (Lipinski definition) is 0. The van der Waals surface area contributed by atoms with Gasteiger partial charge in [-0.3, -0.25) is 18.6 Å². The van der Waals surface area contributed by atoms with E-state index in [2.05, 4.69) is 26.1 Å². The molecule has 30 heavy (non-hydrogen) atoms. The highest BCUT2D eigenvalue weighted by Crippen LogP contribution is 2.19. The van der Waals surface area contributed by atoms with Crippen LogP contribution in [0.3, 0.4) is 0 Å². The zero-order chi connectivity index (χ0) is 21.1. The standard InChI is InChI=1S/C21H17BrN4O3S/c1-2-29-17-9-3-14(4-10-17)18(27)13-30-21-24-23-19-20(28)25(11-12-26(19)21)16-7-5-15(22)6-8-16/h3-12H,2,13H2,1H3. The lowest BCUT2D eigenvalue weighted by molar-refractivity contribution is 0.102. The summed E-state index contributed by atoms with van der Waals surface area (Å²) in [6, 6.07) is 14.4. The van der Waals surface area contributed by atoms with Gasteiger partial charge in [0.05, 0.1) is 12.4 Å². The first kappa shape index (κ1) is 20.4. The minimum Gasteiger partial charge on any atom is -0.494 e. The van der Waals surface area contributed by atoms with Crippen LogP contribution in [0.4, 0.5) is 0 Å². The van der Waals surface area contributed by atoms with Crippen LogP contribution in [-0.4, -0.2) is 37.3 Å². The van der Waals surface area contributed by atoms with Crippen molar-refractivity contribution < 1.29 is 9.53 Å². The zero-order valence-corrected chi connectivity index (χ0v) is 18.4. The minimum absolute atomic E-state index is 0.0389. The van der Waals surface area contributed by atoms with Gasteiger partial charge in [0.2, 0.25) is 5.65 Å². The van der Waals surface area contributed by atoms with Crippen LogP contribution < -0.4 is 10.3 Å². The van der Waals surface area contributed by atoms with Crippen molar-refractivity contribution in [1.29, 1.82) is 0 Å². The fraction of sp³-hybridized carbons (Fsp3) is 0.143. The Balaban J connectivity index is 1.52. The second-order valence-electron chi connectivity index (χ2n) is 6.30.